The second-order valence-corrected chi connectivity index (χ2v) is 6.12. The fraction of sp³-hybridized carbons (Fsp3) is 0.200. The minimum atomic E-state index is -0.603. The number of aliphatic imine (C=N–C) groups is 1. The number of rotatable bonds is 4. The van der Waals surface area contributed by atoms with Crippen molar-refractivity contribution < 1.29 is 4.74 Å². The van der Waals surface area contributed by atoms with Gasteiger partial charge in [0.15, 0.2) is 6.19 Å². The van der Waals surface area contributed by atoms with Crippen LogP contribution in [0.15, 0.2) is 23.2 Å². The molecule has 3 rings (SSSR count). The summed E-state index contributed by atoms with van der Waals surface area (Å²) >= 11 is 0. The molecule has 9 nitrogen and oxygen atoms in total. The van der Waals surface area contributed by atoms with E-state index in [4.69, 9.17) is 27.9 Å². The van der Waals surface area contributed by atoms with Crippen LogP contribution in [-0.4, -0.2) is 17.6 Å². The molecule has 1 atom stereocenters. The quantitative estimate of drug-likeness (QED) is 0.350. The molecule has 29 heavy (non-hydrogen) atoms. The molecule has 2 heterocycles. The Labute approximate surface area is 168 Å². The number of nitrogens with two attached hydrogens (primary N) is 2. The highest BCUT2D eigenvalue weighted by Crippen LogP contribution is 2.41. The van der Waals surface area contributed by atoms with Gasteiger partial charge in [0.2, 0.25) is 5.96 Å². The molecule has 0 fully saturated rings. The number of guanidine groups is 1. The molecule has 0 bridgehead atoms. The number of nitrogens with zero attached hydrogens (tertiary/aromatic N) is 4. The summed E-state index contributed by atoms with van der Waals surface area (Å²) in [6.07, 6.45) is 7.81. The smallest absolute Gasteiger partial charge is 0.211 e. The van der Waals surface area contributed by atoms with Gasteiger partial charge in [-0.05, 0) is 29.7 Å². The van der Waals surface area contributed by atoms with E-state index in [-0.39, 0.29) is 29.6 Å². The number of pyridine rings is 1. The number of aromatic nitrogens is 1. The zero-order valence-corrected chi connectivity index (χ0v) is 15.7. The van der Waals surface area contributed by atoms with Crippen molar-refractivity contribution in [3.63, 3.8) is 0 Å². The Hall–Kier alpha value is -4.42. The van der Waals surface area contributed by atoms with E-state index in [1.165, 1.54) is 0 Å². The Morgan fingerprint density at radius 3 is 2.79 bits per heavy atom. The molecule has 2 aromatic rings. The van der Waals surface area contributed by atoms with Gasteiger partial charge in [0.05, 0.1) is 5.69 Å². The molecule has 0 saturated carbocycles. The summed E-state index contributed by atoms with van der Waals surface area (Å²) in [5.74, 6) is 3.67. The van der Waals surface area contributed by atoms with E-state index in [0.29, 0.717) is 23.6 Å². The number of ether oxygens (including phenoxy) is 1. The monoisotopic (exact) mass is 386 g/mol. The van der Waals surface area contributed by atoms with Crippen LogP contribution in [0.1, 0.15) is 35.2 Å². The maximum atomic E-state index is 9.40. The van der Waals surface area contributed by atoms with E-state index < -0.39 is 6.04 Å². The molecule has 0 amide bonds. The second-order valence-electron chi connectivity index (χ2n) is 6.12. The first kappa shape index (κ1) is 19.3. The van der Waals surface area contributed by atoms with Crippen molar-refractivity contribution in [2.75, 3.05) is 23.4 Å². The van der Waals surface area contributed by atoms with Crippen molar-refractivity contribution >= 4 is 23.3 Å². The fourth-order valence-corrected chi connectivity index (χ4v) is 3.13. The van der Waals surface area contributed by atoms with Crippen molar-refractivity contribution in [2.24, 2.45) is 4.99 Å². The summed E-state index contributed by atoms with van der Waals surface area (Å²) in [4.78, 5) is 8.79. The Kier molecular flexibility index (Phi) is 5.39. The van der Waals surface area contributed by atoms with Crippen molar-refractivity contribution in [1.82, 2.24) is 10.3 Å². The lowest BCUT2D eigenvalue weighted by Gasteiger charge is -2.26. The minimum Gasteiger partial charge on any atom is -0.481 e. The molecule has 0 saturated heterocycles. The Morgan fingerprint density at radius 2 is 2.14 bits per heavy atom. The normalized spacial score (nSPS) is 14.3. The first-order valence-electron chi connectivity index (χ1n) is 8.71. The lowest BCUT2D eigenvalue weighted by atomic mass is 9.93. The van der Waals surface area contributed by atoms with Gasteiger partial charge >= 0.3 is 0 Å². The number of anilines is 3. The van der Waals surface area contributed by atoms with Gasteiger partial charge in [-0.3, -0.25) is 5.32 Å². The number of benzene rings is 1. The van der Waals surface area contributed by atoms with Gasteiger partial charge in [-0.2, -0.15) is 10.5 Å². The van der Waals surface area contributed by atoms with E-state index in [2.05, 4.69) is 26.5 Å². The Balaban J connectivity index is 2.17. The molecule has 1 aliphatic rings. The lowest BCUT2D eigenvalue weighted by Crippen LogP contribution is -2.32. The maximum Gasteiger partial charge on any atom is 0.211 e. The summed E-state index contributed by atoms with van der Waals surface area (Å²) in [6.45, 7) is 2.16. The van der Waals surface area contributed by atoms with Crippen LogP contribution in [0.2, 0.25) is 0 Å². The molecule has 0 aliphatic carbocycles. The zero-order chi connectivity index (χ0) is 21.0. The number of terminal acetylenes is 1. The van der Waals surface area contributed by atoms with Gasteiger partial charge in [0.25, 0.3) is 0 Å². The van der Waals surface area contributed by atoms with E-state index in [0.717, 1.165) is 11.1 Å². The molecular weight excluding hydrogens is 368 g/mol. The molecule has 1 aliphatic heterocycles. The van der Waals surface area contributed by atoms with E-state index in [1.54, 1.807) is 0 Å². The van der Waals surface area contributed by atoms with Crippen LogP contribution in [0.4, 0.5) is 17.3 Å². The highest BCUT2D eigenvalue weighted by molar-refractivity contribution is 5.98. The van der Waals surface area contributed by atoms with Gasteiger partial charge < -0.3 is 21.5 Å². The molecule has 1 aromatic carbocycles. The summed E-state index contributed by atoms with van der Waals surface area (Å²) in [5, 5.41) is 23.7. The predicted molar refractivity (Wildman–Crippen MR) is 110 cm³/mol. The predicted octanol–water partition coefficient (Wildman–Crippen LogP) is 1.63. The standard InChI is InChI=1S/C20H18N8O/c1-3-7-29-14-6-5-12(8-11(14)4-2)17-15-16(23)13(9-21)18(24)27-19(15)28-20(26-17)25-10-22/h1,5-6,8,17H,4,7H2,2H3,(H6,23,24,25,26,27,28). The topological polar surface area (TPSA) is 158 Å². The Morgan fingerprint density at radius 1 is 1.34 bits per heavy atom. The Bertz CT molecular complexity index is 1120. The minimum absolute atomic E-state index is 0.000451. The van der Waals surface area contributed by atoms with Gasteiger partial charge in [-0.15, -0.1) is 6.42 Å². The van der Waals surface area contributed by atoms with E-state index >= 15 is 0 Å². The average molecular weight is 386 g/mol. The number of hydrogen-bond acceptors (Lipinski definition) is 9. The van der Waals surface area contributed by atoms with Crippen LogP contribution in [0, 0.1) is 35.1 Å². The van der Waals surface area contributed by atoms with Gasteiger partial charge in [0, 0.05) is 5.56 Å². The number of nitrogen functional groups attached to an aromatic ring is 2. The van der Waals surface area contributed by atoms with Gasteiger partial charge in [0.1, 0.15) is 41.7 Å². The molecule has 9 heteroatoms. The molecule has 144 valence electrons. The molecular formula is C20H18N8O. The summed E-state index contributed by atoms with van der Waals surface area (Å²) in [5.41, 5.74) is 14.6. The average Bonchev–Trinajstić information content (AvgIpc) is 2.72. The fourth-order valence-electron chi connectivity index (χ4n) is 3.13. The van der Waals surface area contributed by atoms with E-state index in [9.17, 15) is 5.26 Å². The van der Waals surface area contributed by atoms with Crippen molar-refractivity contribution in [1.29, 1.82) is 10.5 Å². The summed E-state index contributed by atoms with van der Waals surface area (Å²) < 4.78 is 5.59. The van der Waals surface area contributed by atoms with Crippen LogP contribution in [0.3, 0.4) is 0 Å². The van der Waals surface area contributed by atoms with Crippen LogP contribution in [-0.2, 0) is 6.42 Å². The third-order valence-electron chi connectivity index (χ3n) is 4.45. The maximum absolute atomic E-state index is 9.40. The number of fused-ring (bicyclic) bond motifs is 1. The third-order valence-corrected chi connectivity index (χ3v) is 4.45. The van der Waals surface area contributed by atoms with E-state index in [1.807, 2.05) is 37.4 Å². The molecule has 1 aromatic heterocycles. The van der Waals surface area contributed by atoms with Crippen LogP contribution in [0.5, 0.6) is 5.75 Å². The summed E-state index contributed by atoms with van der Waals surface area (Å²) in [7, 11) is 0. The first-order chi connectivity index (χ1) is 14.0. The number of hydrogen-bond donors (Lipinski definition) is 4. The van der Waals surface area contributed by atoms with Crippen molar-refractivity contribution in [2.45, 2.75) is 19.4 Å². The highest BCUT2D eigenvalue weighted by Gasteiger charge is 2.30. The van der Waals surface area contributed by atoms with Gasteiger partial charge in [-0.25, -0.2) is 9.98 Å². The SMILES string of the molecule is C#CCOc1ccc(C2N=C(NC#N)Nc3nc(N)c(C#N)c(N)c32)cc1CC. The number of nitriles is 2. The highest BCUT2D eigenvalue weighted by atomic mass is 16.5. The molecule has 0 radical (unpaired) electrons. The van der Waals surface area contributed by atoms with Crippen LogP contribution < -0.4 is 26.8 Å². The third kappa shape index (κ3) is 3.55. The van der Waals surface area contributed by atoms with Crippen molar-refractivity contribution in [3.8, 4) is 30.4 Å². The molecule has 0 spiro atoms. The molecule has 1 unspecified atom stereocenters. The van der Waals surface area contributed by atoms with Crippen LogP contribution >= 0.6 is 0 Å². The summed E-state index contributed by atoms with van der Waals surface area (Å²) in [6, 6.07) is 6.96. The van der Waals surface area contributed by atoms with Crippen molar-refractivity contribution in [3.05, 3.63) is 40.5 Å². The molecule has 6 N–H and O–H groups in total. The van der Waals surface area contributed by atoms with Crippen LogP contribution in [0.25, 0.3) is 0 Å². The zero-order valence-electron chi connectivity index (χ0n) is 15.7. The lowest BCUT2D eigenvalue weighted by molar-refractivity contribution is 0.366. The number of nitrogens with one attached hydrogen (secondary N) is 2. The first-order valence-corrected chi connectivity index (χ1v) is 8.71. The second kappa shape index (κ2) is 8.08. The number of aryl methyl sites for hydroxylation is 1. The largest absolute Gasteiger partial charge is 0.481 e. The van der Waals surface area contributed by atoms with Gasteiger partial charge in [-0.1, -0.05) is 18.9 Å².